The highest BCUT2D eigenvalue weighted by Crippen LogP contribution is 2.33. The highest BCUT2D eigenvalue weighted by molar-refractivity contribution is 6.02. The van der Waals surface area contributed by atoms with Gasteiger partial charge in [0.2, 0.25) is 0 Å². The summed E-state index contributed by atoms with van der Waals surface area (Å²) in [5.41, 5.74) is 10.7. The lowest BCUT2D eigenvalue weighted by Crippen LogP contribution is -2.15. The Kier molecular flexibility index (Phi) is 4.45. The van der Waals surface area contributed by atoms with Crippen LogP contribution in [0.2, 0.25) is 0 Å². The molecule has 1 aromatic carbocycles. The van der Waals surface area contributed by atoms with Gasteiger partial charge in [-0.3, -0.25) is 4.79 Å². The number of carbonyl (C=O) groups excluding carboxylic acids is 1. The van der Waals surface area contributed by atoms with E-state index < -0.39 is 0 Å². The van der Waals surface area contributed by atoms with Gasteiger partial charge in [0.15, 0.2) is 0 Å². The molecule has 2 aromatic rings. The minimum Gasteiger partial charge on any atom is -0.366 e. The maximum Gasteiger partial charge on any atom is 0.251 e. The zero-order valence-electron chi connectivity index (χ0n) is 14.2. The highest BCUT2D eigenvalue weighted by atomic mass is 16.1. The summed E-state index contributed by atoms with van der Waals surface area (Å²) in [4.78, 5) is 12.0. The van der Waals surface area contributed by atoms with Crippen LogP contribution in [0.1, 0.15) is 48.9 Å². The Morgan fingerprint density at radius 3 is 2.18 bits per heavy atom. The van der Waals surface area contributed by atoms with E-state index >= 15 is 0 Å². The molecule has 0 radical (unpaired) electrons. The van der Waals surface area contributed by atoms with Crippen LogP contribution < -0.4 is 5.73 Å². The molecule has 118 valence electrons. The summed E-state index contributed by atoms with van der Waals surface area (Å²) in [6.45, 7) is 11.7. The van der Waals surface area contributed by atoms with Gasteiger partial charge >= 0.3 is 0 Å². The molecule has 0 aliphatic rings. The molecule has 0 aliphatic heterocycles. The molecule has 0 saturated carbocycles. The van der Waals surface area contributed by atoms with E-state index in [1.807, 2.05) is 37.3 Å². The number of nitrogens with zero attached hydrogens (tertiary/aromatic N) is 1. The molecular weight excluding hydrogens is 272 g/mol. The smallest absolute Gasteiger partial charge is 0.251 e. The fourth-order valence-corrected chi connectivity index (χ4v) is 2.93. The zero-order valence-corrected chi connectivity index (χ0v) is 14.2. The normalized spacial score (nSPS) is 11.7. The summed E-state index contributed by atoms with van der Waals surface area (Å²) < 4.78 is 2.23. The fraction of sp³-hybridized carbons (Fsp3) is 0.421. The highest BCUT2D eigenvalue weighted by Gasteiger charge is 2.23. The summed E-state index contributed by atoms with van der Waals surface area (Å²) in [5.74, 6) is -0.353. The van der Waals surface area contributed by atoms with E-state index in [0.717, 1.165) is 35.5 Å². The van der Waals surface area contributed by atoms with Crippen LogP contribution in [0.3, 0.4) is 0 Å². The molecule has 2 rings (SSSR count). The van der Waals surface area contributed by atoms with Crippen LogP contribution in [0.4, 0.5) is 0 Å². The molecule has 1 heterocycles. The molecule has 22 heavy (non-hydrogen) atoms. The summed E-state index contributed by atoms with van der Waals surface area (Å²) in [6.07, 6.45) is 1.05. The third kappa shape index (κ3) is 3.24. The van der Waals surface area contributed by atoms with Gasteiger partial charge in [0.05, 0.1) is 5.56 Å². The van der Waals surface area contributed by atoms with E-state index in [-0.39, 0.29) is 11.3 Å². The van der Waals surface area contributed by atoms with E-state index in [0.29, 0.717) is 5.56 Å². The molecule has 3 heteroatoms. The molecule has 0 bridgehead atoms. The van der Waals surface area contributed by atoms with Gasteiger partial charge < -0.3 is 10.3 Å². The van der Waals surface area contributed by atoms with E-state index in [1.165, 1.54) is 0 Å². The number of primary amides is 1. The average molecular weight is 298 g/mol. The lowest BCUT2D eigenvalue weighted by atomic mass is 9.92. The third-order valence-corrected chi connectivity index (χ3v) is 4.18. The lowest BCUT2D eigenvalue weighted by molar-refractivity contribution is 0.1000. The first kappa shape index (κ1) is 16.3. The van der Waals surface area contributed by atoms with Crippen molar-refractivity contribution in [2.24, 2.45) is 11.1 Å². The van der Waals surface area contributed by atoms with Crippen molar-refractivity contribution in [2.75, 3.05) is 0 Å². The van der Waals surface area contributed by atoms with Gasteiger partial charge in [0, 0.05) is 23.5 Å². The third-order valence-electron chi connectivity index (χ3n) is 4.18. The second-order valence-corrected chi connectivity index (χ2v) is 7.11. The summed E-state index contributed by atoms with van der Waals surface area (Å²) in [6, 6.07) is 10.0. The monoisotopic (exact) mass is 298 g/mol. The Balaban J connectivity index is 2.56. The molecule has 0 unspecified atom stereocenters. The molecule has 0 spiro atoms. The van der Waals surface area contributed by atoms with Crippen molar-refractivity contribution in [2.45, 2.75) is 47.6 Å². The van der Waals surface area contributed by atoms with Gasteiger partial charge in [0.1, 0.15) is 0 Å². The van der Waals surface area contributed by atoms with Crippen LogP contribution >= 0.6 is 0 Å². The van der Waals surface area contributed by atoms with Gasteiger partial charge in [-0.15, -0.1) is 0 Å². The molecule has 1 amide bonds. The van der Waals surface area contributed by atoms with Crippen LogP contribution in [0.25, 0.3) is 11.1 Å². The molecule has 0 fully saturated rings. The molecule has 0 saturated heterocycles. The van der Waals surface area contributed by atoms with Gasteiger partial charge in [0.25, 0.3) is 5.91 Å². The largest absolute Gasteiger partial charge is 0.366 e. The van der Waals surface area contributed by atoms with E-state index in [4.69, 9.17) is 5.73 Å². The minimum atomic E-state index is -0.353. The van der Waals surface area contributed by atoms with Crippen LogP contribution in [-0.2, 0) is 6.54 Å². The molecule has 0 atom stereocenters. The van der Waals surface area contributed by atoms with Gasteiger partial charge in [-0.1, -0.05) is 51.1 Å². The van der Waals surface area contributed by atoms with Crippen molar-refractivity contribution in [3.63, 3.8) is 0 Å². The topological polar surface area (TPSA) is 48.0 Å². The van der Waals surface area contributed by atoms with Crippen LogP contribution in [0, 0.1) is 19.3 Å². The number of benzene rings is 1. The number of carbonyl (C=O) groups is 1. The van der Waals surface area contributed by atoms with Crippen LogP contribution in [0.5, 0.6) is 0 Å². The Bertz CT molecular complexity index is 676. The first-order valence-corrected chi connectivity index (χ1v) is 7.77. The average Bonchev–Trinajstić information content (AvgIpc) is 2.68. The Hall–Kier alpha value is -2.03. The second kappa shape index (κ2) is 5.99. The van der Waals surface area contributed by atoms with Crippen molar-refractivity contribution in [1.29, 1.82) is 0 Å². The fourth-order valence-electron chi connectivity index (χ4n) is 2.93. The SMILES string of the molecule is Cc1c(C(N)=O)c(-c2ccccc2)c(C)n1CCC(C)(C)C. The Labute approximate surface area is 133 Å². The van der Waals surface area contributed by atoms with Crippen molar-refractivity contribution >= 4 is 5.91 Å². The maximum atomic E-state index is 12.0. The summed E-state index contributed by atoms with van der Waals surface area (Å²) >= 11 is 0. The number of hydrogen-bond acceptors (Lipinski definition) is 1. The second-order valence-electron chi connectivity index (χ2n) is 7.11. The van der Waals surface area contributed by atoms with Crippen molar-refractivity contribution < 1.29 is 4.79 Å². The summed E-state index contributed by atoms with van der Waals surface area (Å²) in [5, 5.41) is 0. The number of amides is 1. The first-order valence-electron chi connectivity index (χ1n) is 7.77. The lowest BCUT2D eigenvalue weighted by Gasteiger charge is -2.20. The van der Waals surface area contributed by atoms with Gasteiger partial charge in [-0.05, 0) is 31.2 Å². The number of rotatable bonds is 4. The number of nitrogens with two attached hydrogens (primary N) is 1. The molecule has 0 aliphatic carbocycles. The molecule has 2 N–H and O–H groups in total. The molecule has 3 nitrogen and oxygen atoms in total. The Morgan fingerprint density at radius 1 is 1.09 bits per heavy atom. The van der Waals surface area contributed by atoms with Gasteiger partial charge in [-0.25, -0.2) is 0 Å². The number of aromatic nitrogens is 1. The number of hydrogen-bond donors (Lipinski definition) is 1. The molecule has 1 aromatic heterocycles. The molecular formula is C19H26N2O. The maximum absolute atomic E-state index is 12.0. The van der Waals surface area contributed by atoms with Crippen LogP contribution in [-0.4, -0.2) is 10.5 Å². The van der Waals surface area contributed by atoms with E-state index in [9.17, 15) is 4.79 Å². The predicted molar refractivity (Wildman–Crippen MR) is 91.9 cm³/mol. The van der Waals surface area contributed by atoms with Gasteiger partial charge in [-0.2, -0.15) is 0 Å². The van der Waals surface area contributed by atoms with Crippen molar-refractivity contribution in [1.82, 2.24) is 4.57 Å². The minimum absolute atomic E-state index is 0.253. The summed E-state index contributed by atoms with van der Waals surface area (Å²) in [7, 11) is 0. The quantitative estimate of drug-likeness (QED) is 0.898. The first-order chi connectivity index (χ1) is 10.2. The Morgan fingerprint density at radius 2 is 1.68 bits per heavy atom. The zero-order chi connectivity index (χ0) is 16.5. The van der Waals surface area contributed by atoms with Crippen molar-refractivity contribution in [3.05, 3.63) is 47.3 Å². The van der Waals surface area contributed by atoms with E-state index in [2.05, 4.69) is 32.3 Å². The van der Waals surface area contributed by atoms with Crippen LogP contribution in [0.15, 0.2) is 30.3 Å². The standard InChI is InChI=1S/C19H26N2O/c1-13-16(15-9-7-6-8-10-15)17(18(20)22)14(2)21(13)12-11-19(3,4)5/h6-10H,11-12H2,1-5H3,(H2,20,22). The predicted octanol–water partition coefficient (Wildman–Crippen LogP) is 4.31. The van der Waals surface area contributed by atoms with Crippen molar-refractivity contribution in [3.8, 4) is 11.1 Å². The van der Waals surface area contributed by atoms with E-state index in [1.54, 1.807) is 0 Å².